The normalized spacial score (nSPS) is 24.6. The zero-order valence-corrected chi connectivity index (χ0v) is 11.9. The average Bonchev–Trinajstić information content (AvgIpc) is 2.83. The summed E-state index contributed by atoms with van der Waals surface area (Å²) in [7, 11) is 0. The van der Waals surface area contributed by atoms with Crippen LogP contribution in [-0.4, -0.2) is 12.2 Å². The molecular weight excluding hydrogens is 271 g/mol. The van der Waals surface area contributed by atoms with Crippen molar-refractivity contribution in [2.75, 3.05) is 0 Å². The molecule has 1 aliphatic carbocycles. The highest BCUT2D eigenvalue weighted by Gasteiger charge is 2.41. The highest BCUT2D eigenvalue weighted by atomic mass is 32.1. The minimum atomic E-state index is -4.03. The van der Waals surface area contributed by atoms with E-state index in [2.05, 4.69) is 23.7 Å². The summed E-state index contributed by atoms with van der Waals surface area (Å²) in [5, 5.41) is 5.36. The van der Waals surface area contributed by atoms with Gasteiger partial charge in [-0.25, -0.2) is 0 Å². The molecule has 0 radical (unpaired) electrons. The first-order valence-electron chi connectivity index (χ1n) is 6.86. The lowest BCUT2D eigenvalue weighted by Gasteiger charge is -2.31. The molecule has 1 aromatic rings. The summed E-state index contributed by atoms with van der Waals surface area (Å²) in [5.41, 5.74) is 1.31. The van der Waals surface area contributed by atoms with Crippen molar-refractivity contribution in [1.82, 2.24) is 5.32 Å². The predicted molar refractivity (Wildman–Crippen MR) is 72.3 cm³/mol. The summed E-state index contributed by atoms with van der Waals surface area (Å²) in [6, 6.07) is 2.10. The van der Waals surface area contributed by atoms with Gasteiger partial charge < -0.3 is 5.32 Å². The van der Waals surface area contributed by atoms with E-state index in [1.54, 1.807) is 11.3 Å². The van der Waals surface area contributed by atoms with E-state index in [0.29, 0.717) is 19.4 Å². The summed E-state index contributed by atoms with van der Waals surface area (Å²) in [5.74, 6) is -1.12. The van der Waals surface area contributed by atoms with Crippen molar-refractivity contribution < 1.29 is 13.2 Å². The third-order valence-electron chi connectivity index (χ3n) is 3.91. The molecule has 1 N–H and O–H groups in total. The molecule has 0 aliphatic heterocycles. The fourth-order valence-corrected chi connectivity index (χ4v) is 3.67. The van der Waals surface area contributed by atoms with E-state index in [-0.39, 0.29) is 12.5 Å². The van der Waals surface area contributed by atoms with Crippen molar-refractivity contribution in [3.05, 3.63) is 21.9 Å². The molecule has 0 spiro atoms. The molecule has 1 heterocycles. The van der Waals surface area contributed by atoms with Crippen molar-refractivity contribution in [3.8, 4) is 0 Å². The number of hydrogen-bond acceptors (Lipinski definition) is 2. The molecule has 1 saturated carbocycles. The Bertz CT molecular complexity index is 400. The van der Waals surface area contributed by atoms with Crippen LogP contribution in [0.5, 0.6) is 0 Å². The largest absolute Gasteiger partial charge is 0.391 e. The number of thiophene rings is 1. The SMILES string of the molecule is CCc1ccsc1CNC1CCCC(C(F)(F)F)C1. The molecule has 2 rings (SSSR count). The number of halogens is 3. The second kappa shape index (κ2) is 6.27. The van der Waals surface area contributed by atoms with Crippen LogP contribution < -0.4 is 5.32 Å². The molecule has 2 atom stereocenters. The number of alkyl halides is 3. The van der Waals surface area contributed by atoms with Crippen molar-refractivity contribution in [1.29, 1.82) is 0 Å². The zero-order valence-electron chi connectivity index (χ0n) is 11.1. The Kier molecular flexibility index (Phi) is 4.90. The first-order valence-corrected chi connectivity index (χ1v) is 7.74. The fraction of sp³-hybridized carbons (Fsp3) is 0.714. The molecule has 5 heteroatoms. The Hall–Kier alpha value is -0.550. The van der Waals surface area contributed by atoms with E-state index in [4.69, 9.17) is 0 Å². The molecule has 1 aliphatic rings. The van der Waals surface area contributed by atoms with Crippen LogP contribution in [0.25, 0.3) is 0 Å². The summed E-state index contributed by atoms with van der Waals surface area (Å²) in [4.78, 5) is 1.26. The minimum absolute atomic E-state index is 0.00665. The molecule has 0 amide bonds. The van der Waals surface area contributed by atoms with Gasteiger partial charge in [0.05, 0.1) is 5.92 Å². The van der Waals surface area contributed by atoms with Crippen LogP contribution in [0.3, 0.4) is 0 Å². The molecule has 1 nitrogen and oxygen atoms in total. The number of hydrogen-bond donors (Lipinski definition) is 1. The number of rotatable bonds is 4. The van der Waals surface area contributed by atoms with E-state index < -0.39 is 12.1 Å². The van der Waals surface area contributed by atoms with Gasteiger partial charge in [0.25, 0.3) is 0 Å². The maximum atomic E-state index is 12.7. The zero-order chi connectivity index (χ0) is 13.9. The number of nitrogens with one attached hydrogen (secondary N) is 1. The monoisotopic (exact) mass is 291 g/mol. The lowest BCUT2D eigenvalue weighted by Crippen LogP contribution is -2.38. The Morgan fingerprint density at radius 1 is 1.37 bits per heavy atom. The van der Waals surface area contributed by atoms with E-state index in [1.165, 1.54) is 10.4 Å². The predicted octanol–water partition coefficient (Wildman–Crippen LogP) is 4.52. The molecule has 1 fully saturated rings. The highest BCUT2D eigenvalue weighted by molar-refractivity contribution is 7.10. The van der Waals surface area contributed by atoms with Crippen LogP contribution in [0.15, 0.2) is 11.4 Å². The van der Waals surface area contributed by atoms with Crippen LogP contribution in [0.1, 0.15) is 43.0 Å². The minimum Gasteiger partial charge on any atom is -0.309 e. The lowest BCUT2D eigenvalue weighted by atomic mass is 9.85. The molecule has 2 unspecified atom stereocenters. The second-order valence-corrected chi connectivity index (χ2v) is 6.21. The summed E-state index contributed by atoms with van der Waals surface area (Å²) < 4.78 is 38.2. The van der Waals surface area contributed by atoms with E-state index in [1.807, 2.05) is 0 Å². The number of aryl methyl sites for hydroxylation is 1. The van der Waals surface area contributed by atoms with Gasteiger partial charge in [0, 0.05) is 17.5 Å². The summed E-state index contributed by atoms with van der Waals surface area (Å²) in [6.07, 6.45) is -0.988. The first-order chi connectivity index (χ1) is 9.00. The molecule has 19 heavy (non-hydrogen) atoms. The van der Waals surface area contributed by atoms with E-state index >= 15 is 0 Å². The molecule has 0 bridgehead atoms. The molecule has 0 saturated heterocycles. The Balaban J connectivity index is 1.86. The topological polar surface area (TPSA) is 12.0 Å². The Morgan fingerprint density at radius 3 is 2.84 bits per heavy atom. The van der Waals surface area contributed by atoms with Crippen molar-refractivity contribution in [2.45, 2.75) is 57.8 Å². The summed E-state index contributed by atoms with van der Waals surface area (Å²) in [6.45, 7) is 2.81. The van der Waals surface area contributed by atoms with Gasteiger partial charge in [0.15, 0.2) is 0 Å². The Morgan fingerprint density at radius 2 is 2.16 bits per heavy atom. The van der Waals surface area contributed by atoms with Crippen LogP contribution in [-0.2, 0) is 13.0 Å². The quantitative estimate of drug-likeness (QED) is 0.860. The van der Waals surface area contributed by atoms with Crippen LogP contribution in [0.4, 0.5) is 13.2 Å². The van der Waals surface area contributed by atoms with Gasteiger partial charge in [0.2, 0.25) is 0 Å². The molecular formula is C14H20F3NS. The average molecular weight is 291 g/mol. The summed E-state index contributed by atoms with van der Waals surface area (Å²) >= 11 is 1.68. The van der Waals surface area contributed by atoms with Gasteiger partial charge in [-0.1, -0.05) is 13.3 Å². The smallest absolute Gasteiger partial charge is 0.309 e. The van der Waals surface area contributed by atoms with Gasteiger partial charge in [-0.3, -0.25) is 0 Å². The van der Waals surface area contributed by atoms with E-state index in [9.17, 15) is 13.2 Å². The van der Waals surface area contributed by atoms with Crippen molar-refractivity contribution >= 4 is 11.3 Å². The van der Waals surface area contributed by atoms with Gasteiger partial charge in [-0.05, 0) is 42.7 Å². The second-order valence-electron chi connectivity index (χ2n) is 5.21. The van der Waals surface area contributed by atoms with Crippen LogP contribution >= 0.6 is 11.3 Å². The van der Waals surface area contributed by atoms with E-state index in [0.717, 1.165) is 12.8 Å². The lowest BCUT2D eigenvalue weighted by molar-refractivity contribution is -0.183. The van der Waals surface area contributed by atoms with Gasteiger partial charge in [0.1, 0.15) is 0 Å². The van der Waals surface area contributed by atoms with Crippen molar-refractivity contribution in [3.63, 3.8) is 0 Å². The fourth-order valence-electron chi connectivity index (χ4n) is 2.75. The standard InChI is InChI=1S/C14H20F3NS/c1-2-10-6-7-19-13(10)9-18-12-5-3-4-11(8-12)14(15,16)17/h6-7,11-12,18H,2-5,8-9H2,1H3. The van der Waals surface area contributed by atoms with Gasteiger partial charge in [-0.2, -0.15) is 13.2 Å². The molecule has 1 aromatic heterocycles. The highest BCUT2D eigenvalue weighted by Crippen LogP contribution is 2.37. The molecule has 108 valence electrons. The third kappa shape index (κ3) is 3.96. The van der Waals surface area contributed by atoms with Crippen LogP contribution in [0, 0.1) is 5.92 Å². The third-order valence-corrected chi connectivity index (χ3v) is 4.87. The molecule has 0 aromatic carbocycles. The first kappa shape index (κ1) is 14.9. The van der Waals surface area contributed by atoms with Crippen LogP contribution in [0.2, 0.25) is 0 Å². The van der Waals surface area contributed by atoms with Gasteiger partial charge in [-0.15, -0.1) is 11.3 Å². The van der Waals surface area contributed by atoms with Gasteiger partial charge >= 0.3 is 6.18 Å². The van der Waals surface area contributed by atoms with Crippen molar-refractivity contribution in [2.24, 2.45) is 5.92 Å². The maximum Gasteiger partial charge on any atom is 0.391 e. The Labute approximate surface area is 116 Å². The maximum absolute atomic E-state index is 12.7.